The van der Waals surface area contributed by atoms with E-state index < -0.39 is 30.3 Å². The van der Waals surface area contributed by atoms with Crippen molar-refractivity contribution in [2.24, 2.45) is 0 Å². The highest BCUT2D eigenvalue weighted by atomic mass is 127. The van der Waals surface area contributed by atoms with E-state index in [2.05, 4.69) is 27.9 Å². The predicted molar refractivity (Wildman–Crippen MR) is 166 cm³/mol. The molecule has 0 radical (unpaired) electrons. The van der Waals surface area contributed by atoms with Gasteiger partial charge in [0.2, 0.25) is 5.91 Å². The van der Waals surface area contributed by atoms with Gasteiger partial charge in [-0.25, -0.2) is 0 Å². The second kappa shape index (κ2) is 15.7. The van der Waals surface area contributed by atoms with Gasteiger partial charge in [-0.1, -0.05) is 12.1 Å². The zero-order chi connectivity index (χ0) is 30.9. The quantitative estimate of drug-likeness (QED) is 0.229. The maximum atomic E-state index is 13.9. The van der Waals surface area contributed by atoms with Crippen molar-refractivity contribution in [3.63, 3.8) is 0 Å². The first kappa shape index (κ1) is 33.0. The number of aliphatic hydroxyl groups is 3. The summed E-state index contributed by atoms with van der Waals surface area (Å²) in [6.45, 7) is 0.372. The Morgan fingerprint density at radius 1 is 1.14 bits per heavy atom. The molecule has 1 aliphatic heterocycles. The Labute approximate surface area is 264 Å². The summed E-state index contributed by atoms with van der Waals surface area (Å²) in [5.41, 5.74) is 1.89. The van der Waals surface area contributed by atoms with Crippen LogP contribution in [0, 0.1) is 3.57 Å². The van der Waals surface area contributed by atoms with E-state index in [0.29, 0.717) is 51.4 Å². The van der Waals surface area contributed by atoms with Crippen molar-refractivity contribution in [1.29, 1.82) is 0 Å². The minimum absolute atomic E-state index is 0.0532. The molecule has 11 nitrogen and oxygen atoms in total. The number of carbonyl (C=O) groups excluding carboxylic acids is 2. The lowest BCUT2D eigenvalue weighted by molar-refractivity contribution is -0.148. The van der Waals surface area contributed by atoms with Crippen LogP contribution in [0.3, 0.4) is 0 Å². The summed E-state index contributed by atoms with van der Waals surface area (Å²) in [6.07, 6.45) is 0.581. The van der Waals surface area contributed by atoms with E-state index >= 15 is 0 Å². The maximum absolute atomic E-state index is 13.9. The molecule has 1 saturated heterocycles. The van der Waals surface area contributed by atoms with E-state index in [9.17, 15) is 24.9 Å². The van der Waals surface area contributed by atoms with Crippen LogP contribution in [0.4, 0.5) is 0 Å². The Kier molecular flexibility index (Phi) is 12.1. The minimum atomic E-state index is -1.21. The average molecular weight is 711 g/mol. The fraction of sp³-hybridized carbons (Fsp3) is 0.484. The summed E-state index contributed by atoms with van der Waals surface area (Å²) in [7, 11) is 3.07. The number of nitrogens with zero attached hydrogens (tertiary/aromatic N) is 1. The number of aliphatic hydroxyl groups excluding tert-OH is 3. The molecule has 0 saturated carbocycles. The topological polar surface area (TPSA) is 147 Å². The van der Waals surface area contributed by atoms with Gasteiger partial charge in [0.1, 0.15) is 24.1 Å². The van der Waals surface area contributed by atoms with Crippen LogP contribution >= 0.6 is 22.6 Å². The van der Waals surface area contributed by atoms with Gasteiger partial charge < -0.3 is 44.5 Å². The smallest absolute Gasteiger partial charge is 0.252 e. The zero-order valence-electron chi connectivity index (χ0n) is 24.3. The van der Waals surface area contributed by atoms with Gasteiger partial charge in [0.15, 0.2) is 11.5 Å². The van der Waals surface area contributed by atoms with Gasteiger partial charge in [-0.05, 0) is 83.3 Å². The molecule has 12 heteroatoms. The second-order valence-electron chi connectivity index (χ2n) is 10.4. The van der Waals surface area contributed by atoms with E-state index in [1.165, 1.54) is 7.11 Å². The first-order valence-electron chi connectivity index (χ1n) is 14.3. The number of carbonyl (C=O) groups is 2. The lowest BCUT2D eigenvalue weighted by atomic mass is 9.87. The summed E-state index contributed by atoms with van der Waals surface area (Å²) >= 11 is 2.06. The summed E-state index contributed by atoms with van der Waals surface area (Å²) < 4.78 is 23.6. The average Bonchev–Trinajstić information content (AvgIpc) is 3.57. The highest BCUT2D eigenvalue weighted by molar-refractivity contribution is 14.1. The number of benzene rings is 2. The first-order valence-corrected chi connectivity index (χ1v) is 15.3. The Morgan fingerprint density at radius 2 is 1.95 bits per heavy atom. The third-order valence-corrected chi connectivity index (χ3v) is 8.41. The largest absolute Gasteiger partial charge is 0.497 e. The molecule has 43 heavy (non-hydrogen) atoms. The van der Waals surface area contributed by atoms with E-state index in [-0.39, 0.29) is 38.6 Å². The van der Waals surface area contributed by atoms with Crippen LogP contribution in [0.1, 0.15) is 30.4 Å². The molecule has 2 aromatic rings. The number of nitrogens with one attached hydrogen (secondary N) is 1. The first-order chi connectivity index (χ1) is 20.8. The number of hydrogen-bond donors (Lipinski definition) is 4. The fourth-order valence-corrected chi connectivity index (χ4v) is 6.16. The lowest BCUT2D eigenvalue weighted by Gasteiger charge is -2.41. The molecule has 4 atom stereocenters. The third-order valence-electron chi connectivity index (χ3n) is 7.60. The summed E-state index contributed by atoms with van der Waals surface area (Å²) in [4.78, 5) is 28.7. The molecule has 4 unspecified atom stereocenters. The molecule has 2 amide bonds. The number of halogens is 1. The summed E-state index contributed by atoms with van der Waals surface area (Å²) in [6, 6.07) is 10.1. The van der Waals surface area contributed by atoms with Crippen molar-refractivity contribution in [3.05, 3.63) is 62.7 Å². The Balaban J connectivity index is 1.69. The third kappa shape index (κ3) is 8.18. The van der Waals surface area contributed by atoms with Crippen LogP contribution in [-0.4, -0.2) is 96.9 Å². The van der Waals surface area contributed by atoms with Crippen LogP contribution < -0.4 is 19.5 Å². The van der Waals surface area contributed by atoms with Crippen molar-refractivity contribution < 1.29 is 43.9 Å². The minimum Gasteiger partial charge on any atom is -0.497 e. The van der Waals surface area contributed by atoms with Gasteiger partial charge in [0, 0.05) is 31.7 Å². The number of ether oxygens (including phenoxy) is 4. The van der Waals surface area contributed by atoms with Crippen molar-refractivity contribution in [2.75, 3.05) is 40.5 Å². The molecule has 0 bridgehead atoms. The van der Waals surface area contributed by atoms with Crippen LogP contribution in [0.15, 0.2) is 48.0 Å². The van der Waals surface area contributed by atoms with Crippen molar-refractivity contribution in [1.82, 2.24) is 10.2 Å². The maximum Gasteiger partial charge on any atom is 0.252 e. The van der Waals surface area contributed by atoms with Crippen LogP contribution in [0.25, 0.3) is 0 Å². The van der Waals surface area contributed by atoms with E-state index in [0.717, 1.165) is 12.0 Å². The van der Waals surface area contributed by atoms with Gasteiger partial charge >= 0.3 is 0 Å². The molecular formula is C31H39IN2O9. The molecule has 4 rings (SSSR count). The summed E-state index contributed by atoms with van der Waals surface area (Å²) in [5, 5.41) is 33.4. The number of hydrogen-bond acceptors (Lipinski definition) is 9. The molecule has 234 valence electrons. The van der Waals surface area contributed by atoms with Gasteiger partial charge in [-0.3, -0.25) is 9.59 Å². The van der Waals surface area contributed by atoms with Crippen molar-refractivity contribution >= 4 is 34.4 Å². The molecule has 0 spiro atoms. The van der Waals surface area contributed by atoms with E-state index in [1.807, 2.05) is 24.3 Å². The van der Waals surface area contributed by atoms with Crippen molar-refractivity contribution in [3.8, 4) is 17.2 Å². The SMILES string of the molecule is COc1cccc(CCN(C(=O)C2CCCO2)C2CC(C(=O)NCCO)=CC(Oc3c(I)cc(CO)cc3OC)C2O)c1. The molecule has 0 aromatic heterocycles. The number of rotatable bonds is 13. The van der Waals surface area contributed by atoms with Crippen LogP contribution in [0.2, 0.25) is 0 Å². The highest BCUT2D eigenvalue weighted by Gasteiger charge is 2.42. The predicted octanol–water partition coefficient (Wildman–Crippen LogP) is 1.97. The molecular weight excluding hydrogens is 671 g/mol. The Morgan fingerprint density at radius 3 is 2.63 bits per heavy atom. The lowest BCUT2D eigenvalue weighted by Crippen LogP contribution is -2.57. The summed E-state index contributed by atoms with van der Waals surface area (Å²) in [5.74, 6) is 0.719. The van der Waals surface area contributed by atoms with Crippen LogP contribution in [-0.2, 0) is 27.4 Å². The molecule has 1 heterocycles. The highest BCUT2D eigenvalue weighted by Crippen LogP contribution is 2.37. The van der Waals surface area contributed by atoms with E-state index in [1.54, 1.807) is 30.2 Å². The molecule has 2 aliphatic rings. The monoisotopic (exact) mass is 710 g/mol. The number of methoxy groups -OCH3 is 2. The van der Waals surface area contributed by atoms with E-state index in [4.69, 9.17) is 18.9 Å². The second-order valence-corrected chi connectivity index (χ2v) is 11.6. The van der Waals surface area contributed by atoms with Gasteiger partial charge in [-0.15, -0.1) is 0 Å². The Hall–Kier alpha value is -2.91. The van der Waals surface area contributed by atoms with Crippen LogP contribution in [0.5, 0.6) is 17.2 Å². The zero-order valence-corrected chi connectivity index (χ0v) is 26.5. The van der Waals surface area contributed by atoms with Gasteiger partial charge in [0.05, 0.1) is 37.0 Å². The van der Waals surface area contributed by atoms with Crippen molar-refractivity contribution in [2.45, 2.75) is 56.6 Å². The fourth-order valence-electron chi connectivity index (χ4n) is 5.37. The Bertz CT molecular complexity index is 1300. The molecule has 1 fully saturated rings. The number of amides is 2. The molecule has 2 aromatic carbocycles. The van der Waals surface area contributed by atoms with Gasteiger partial charge in [-0.2, -0.15) is 0 Å². The molecule has 1 aliphatic carbocycles. The molecule has 4 N–H and O–H groups in total. The van der Waals surface area contributed by atoms with Gasteiger partial charge in [0.25, 0.3) is 5.91 Å². The standard InChI is InChI=1S/C31H39IN2O9/c1-40-22-6-3-5-19(13-22)8-10-34(31(39)25-7-4-12-42-25)24-16-21(30(38)33-9-11-35)17-26(28(24)37)43-29-23(32)14-20(18-36)15-27(29)41-2/h3,5-6,13-15,17,24-26,28,35-37H,4,7-12,16,18H2,1-2H3,(H,33,38). The normalized spacial score (nSPS) is 21.6.